The molecule has 7 nitrogen and oxygen atoms in total. The van der Waals surface area contributed by atoms with E-state index in [2.05, 4.69) is 0 Å². The summed E-state index contributed by atoms with van der Waals surface area (Å²) < 4.78 is 9.29. The summed E-state index contributed by atoms with van der Waals surface area (Å²) in [6.45, 7) is 2.24. The lowest BCUT2D eigenvalue weighted by molar-refractivity contribution is 0.344. The quantitative estimate of drug-likeness (QED) is 0.351. The van der Waals surface area contributed by atoms with Gasteiger partial charge in [-0.25, -0.2) is 9.97 Å². The Balaban J connectivity index is 1.74. The van der Waals surface area contributed by atoms with Crippen LogP contribution in [0.4, 0.5) is 0 Å². The van der Waals surface area contributed by atoms with Crippen LogP contribution in [0.15, 0.2) is 76.3 Å². The van der Waals surface area contributed by atoms with Crippen LogP contribution in [0.5, 0.6) is 5.75 Å². The fourth-order valence-corrected chi connectivity index (χ4v) is 5.62. The number of nitrogens with zero attached hydrogens (tertiary/aromatic N) is 4. The van der Waals surface area contributed by atoms with Crippen molar-refractivity contribution in [1.82, 2.24) is 18.8 Å². The lowest BCUT2D eigenvalue weighted by atomic mass is 9.95. The summed E-state index contributed by atoms with van der Waals surface area (Å²) in [5, 5.41) is 3.99. The van der Waals surface area contributed by atoms with Gasteiger partial charge in [0, 0.05) is 21.5 Å². The zero-order chi connectivity index (χ0) is 23.4. The maximum absolute atomic E-state index is 14.0. The average molecular weight is 456 g/mol. The zero-order valence-electron chi connectivity index (χ0n) is 18.6. The van der Waals surface area contributed by atoms with Crippen molar-refractivity contribution < 1.29 is 4.74 Å². The van der Waals surface area contributed by atoms with Crippen LogP contribution < -0.4 is 15.9 Å². The third kappa shape index (κ3) is 2.11. The SMILES string of the molecule is CCOc1cc2c(=O)n3c4ccccc4nc3c3ccc4c(c1c(=O)n1c5ccccc5nc41)c23. The van der Waals surface area contributed by atoms with Gasteiger partial charge >= 0.3 is 0 Å². The smallest absolute Gasteiger partial charge is 0.268 e. The van der Waals surface area contributed by atoms with Gasteiger partial charge in [-0.3, -0.25) is 18.4 Å². The highest BCUT2D eigenvalue weighted by molar-refractivity contribution is 6.29. The van der Waals surface area contributed by atoms with Crippen molar-refractivity contribution in [3.05, 3.63) is 87.4 Å². The normalized spacial score (nSPS) is 12.5. The Morgan fingerprint density at radius 2 is 1.26 bits per heavy atom. The van der Waals surface area contributed by atoms with Gasteiger partial charge in [-0.1, -0.05) is 24.3 Å². The summed E-state index contributed by atoms with van der Waals surface area (Å²) in [4.78, 5) is 37.5. The topological polar surface area (TPSA) is 78.0 Å². The van der Waals surface area contributed by atoms with E-state index in [4.69, 9.17) is 14.7 Å². The number of ether oxygens (including phenoxy) is 1. The van der Waals surface area contributed by atoms with Gasteiger partial charge in [-0.2, -0.15) is 0 Å². The molecular weight excluding hydrogens is 440 g/mol. The second kappa shape index (κ2) is 6.21. The van der Waals surface area contributed by atoms with E-state index in [9.17, 15) is 9.59 Å². The van der Waals surface area contributed by atoms with Crippen LogP contribution in [0.25, 0.3) is 65.7 Å². The number of para-hydroxylation sites is 4. The fourth-order valence-electron chi connectivity index (χ4n) is 5.62. The Hall–Kier alpha value is -4.78. The second-order valence-corrected chi connectivity index (χ2v) is 8.77. The first kappa shape index (κ1) is 18.6. The van der Waals surface area contributed by atoms with Gasteiger partial charge in [0.05, 0.1) is 39.4 Å². The van der Waals surface area contributed by atoms with Gasteiger partial charge in [0.15, 0.2) is 0 Å². The highest BCUT2D eigenvalue weighted by atomic mass is 16.5. The number of rotatable bonds is 2. The first-order valence-electron chi connectivity index (χ1n) is 11.5. The number of imidazole rings is 2. The first-order valence-corrected chi connectivity index (χ1v) is 11.5. The molecular formula is C28H16N4O3. The Morgan fingerprint density at radius 3 is 1.89 bits per heavy atom. The molecule has 0 aliphatic rings. The minimum atomic E-state index is -0.208. The van der Waals surface area contributed by atoms with E-state index >= 15 is 0 Å². The molecule has 166 valence electrons. The minimum Gasteiger partial charge on any atom is -0.493 e. The van der Waals surface area contributed by atoms with Crippen LogP contribution in [-0.2, 0) is 0 Å². The number of pyridine rings is 2. The van der Waals surface area contributed by atoms with Crippen LogP contribution in [0.3, 0.4) is 0 Å². The summed E-state index contributed by atoms with van der Waals surface area (Å²) in [5.41, 5.74) is 3.74. The van der Waals surface area contributed by atoms with Gasteiger partial charge in [0.1, 0.15) is 17.0 Å². The van der Waals surface area contributed by atoms with Gasteiger partial charge < -0.3 is 4.74 Å². The molecule has 0 aliphatic heterocycles. The number of hydrogen-bond donors (Lipinski definition) is 0. The molecule has 0 saturated carbocycles. The molecule has 8 rings (SSSR count). The third-order valence-electron chi connectivity index (χ3n) is 7.00. The predicted octanol–water partition coefficient (Wildman–Crippen LogP) is 4.74. The van der Waals surface area contributed by atoms with Gasteiger partial charge in [0.2, 0.25) is 0 Å². The molecule has 0 saturated heterocycles. The highest BCUT2D eigenvalue weighted by Crippen LogP contribution is 2.40. The summed E-state index contributed by atoms with van der Waals surface area (Å²) in [7, 11) is 0. The molecule has 0 N–H and O–H groups in total. The van der Waals surface area contributed by atoms with Crippen LogP contribution >= 0.6 is 0 Å². The van der Waals surface area contributed by atoms with Crippen molar-refractivity contribution in [1.29, 1.82) is 0 Å². The van der Waals surface area contributed by atoms with Gasteiger partial charge in [-0.05, 0) is 49.4 Å². The van der Waals surface area contributed by atoms with Crippen molar-refractivity contribution in [3.8, 4) is 5.75 Å². The van der Waals surface area contributed by atoms with Crippen molar-refractivity contribution >= 4 is 65.7 Å². The summed E-state index contributed by atoms with van der Waals surface area (Å²) in [5.74, 6) is 0.406. The largest absolute Gasteiger partial charge is 0.493 e. The lowest BCUT2D eigenvalue weighted by Crippen LogP contribution is -2.18. The average Bonchev–Trinajstić information content (AvgIpc) is 3.46. The van der Waals surface area contributed by atoms with E-state index in [1.54, 1.807) is 14.9 Å². The van der Waals surface area contributed by atoms with E-state index in [0.29, 0.717) is 39.8 Å². The van der Waals surface area contributed by atoms with E-state index in [0.717, 1.165) is 38.2 Å². The maximum Gasteiger partial charge on any atom is 0.268 e. The van der Waals surface area contributed by atoms with E-state index in [1.807, 2.05) is 67.6 Å². The second-order valence-electron chi connectivity index (χ2n) is 8.77. The zero-order valence-corrected chi connectivity index (χ0v) is 18.6. The molecule has 7 heteroatoms. The molecule has 4 heterocycles. The van der Waals surface area contributed by atoms with E-state index < -0.39 is 0 Å². The monoisotopic (exact) mass is 456 g/mol. The van der Waals surface area contributed by atoms with Gasteiger partial charge in [-0.15, -0.1) is 0 Å². The van der Waals surface area contributed by atoms with Crippen LogP contribution in [0.2, 0.25) is 0 Å². The molecule has 0 spiro atoms. The van der Waals surface area contributed by atoms with E-state index in [1.165, 1.54) is 0 Å². The summed E-state index contributed by atoms with van der Waals surface area (Å²) in [6, 6.07) is 20.9. The fraction of sp³-hybridized carbons (Fsp3) is 0.0714. The van der Waals surface area contributed by atoms with Crippen LogP contribution in [0, 0.1) is 0 Å². The van der Waals surface area contributed by atoms with Crippen molar-refractivity contribution in [2.45, 2.75) is 6.92 Å². The summed E-state index contributed by atoms with van der Waals surface area (Å²) >= 11 is 0. The number of fused-ring (bicyclic) bond motifs is 8. The number of benzene rings is 4. The maximum atomic E-state index is 14.0. The molecule has 4 aromatic heterocycles. The molecule has 0 unspecified atom stereocenters. The molecule has 0 radical (unpaired) electrons. The minimum absolute atomic E-state index is 0.183. The molecule has 0 amide bonds. The van der Waals surface area contributed by atoms with Crippen LogP contribution in [-0.4, -0.2) is 25.4 Å². The van der Waals surface area contributed by atoms with Crippen LogP contribution in [0.1, 0.15) is 6.92 Å². The van der Waals surface area contributed by atoms with Crippen molar-refractivity contribution in [3.63, 3.8) is 0 Å². The molecule has 4 aromatic carbocycles. The molecule has 0 aliphatic carbocycles. The first-order chi connectivity index (χ1) is 17.2. The summed E-state index contributed by atoms with van der Waals surface area (Å²) in [6.07, 6.45) is 0. The Bertz CT molecular complexity index is 2280. The molecule has 0 atom stereocenters. The number of aromatic nitrogens is 4. The molecule has 8 aromatic rings. The van der Waals surface area contributed by atoms with E-state index in [-0.39, 0.29) is 11.1 Å². The van der Waals surface area contributed by atoms with Crippen molar-refractivity contribution in [2.24, 2.45) is 0 Å². The Morgan fingerprint density at radius 1 is 0.686 bits per heavy atom. The lowest BCUT2D eigenvalue weighted by Gasteiger charge is -2.15. The number of hydrogen-bond acceptors (Lipinski definition) is 5. The molecule has 0 fully saturated rings. The van der Waals surface area contributed by atoms with Gasteiger partial charge in [0.25, 0.3) is 11.1 Å². The van der Waals surface area contributed by atoms with Crippen molar-refractivity contribution in [2.75, 3.05) is 6.61 Å². The Kier molecular flexibility index (Phi) is 3.30. The third-order valence-corrected chi connectivity index (χ3v) is 7.00. The predicted molar refractivity (Wildman–Crippen MR) is 138 cm³/mol. The Labute approximate surface area is 196 Å². The molecule has 35 heavy (non-hydrogen) atoms. The molecule has 0 bridgehead atoms. The standard InChI is InChI=1S/C28H16N4O3/c1-2-35-21-13-16-22-14(25-29-17-7-3-5-9-19(17)31(25)27(16)33)11-12-15-23(22)24(21)28(34)32-20-10-6-4-8-18(20)30-26(15)32/h3-13H,2H2,1H3. The highest BCUT2D eigenvalue weighted by Gasteiger charge is 2.25.